The molecule has 0 aliphatic heterocycles. The van der Waals surface area contributed by atoms with Crippen LogP contribution in [0.1, 0.15) is 0 Å². The molecule has 0 amide bonds. The van der Waals surface area contributed by atoms with E-state index in [1.54, 1.807) is 0 Å². The standard InChI is InChI=1S/2C6H5.C5H5.CH3.Ti/c2*1-2-4-6-5-3-1;1-2-4-5-3-1;;/h2*1-5H;1-5H;1H3;/q4*-1;+4. The van der Waals surface area contributed by atoms with Gasteiger partial charge in [0.15, 0.2) is 0 Å². The number of hydrogen-bond donors (Lipinski definition) is 0. The zero-order chi connectivity index (χ0) is 12.0. The van der Waals surface area contributed by atoms with Gasteiger partial charge in [-0.3, -0.25) is 0 Å². The normalized spacial score (nSPS) is 7.16. The van der Waals surface area contributed by atoms with Crippen LogP contribution in [-0.4, -0.2) is 0 Å². The largest absolute Gasteiger partial charge is 4.00 e. The minimum atomic E-state index is 0. The maximum Gasteiger partial charge on any atom is 4.00 e. The summed E-state index contributed by atoms with van der Waals surface area (Å²) in [6, 6.07) is 35.0. The van der Waals surface area contributed by atoms with Crippen molar-refractivity contribution in [2.75, 3.05) is 0 Å². The fourth-order valence-corrected chi connectivity index (χ4v) is 1.00. The van der Waals surface area contributed by atoms with Crippen molar-refractivity contribution in [3.05, 3.63) is 111 Å². The van der Waals surface area contributed by atoms with E-state index in [0.717, 1.165) is 0 Å². The molecule has 0 spiro atoms. The smallest absolute Gasteiger partial charge is 0.358 e. The summed E-state index contributed by atoms with van der Waals surface area (Å²) in [7, 11) is 0. The molecular weight excluding hydrogens is 264 g/mol. The van der Waals surface area contributed by atoms with Crippen LogP contribution in [-0.2, 0) is 21.7 Å². The van der Waals surface area contributed by atoms with E-state index in [9.17, 15) is 0 Å². The van der Waals surface area contributed by atoms with E-state index in [1.807, 2.05) is 91.0 Å². The van der Waals surface area contributed by atoms with Crippen molar-refractivity contribution in [1.29, 1.82) is 0 Å². The fraction of sp³-hybridized carbons (Fsp3) is 0. The summed E-state index contributed by atoms with van der Waals surface area (Å²) < 4.78 is 0. The van der Waals surface area contributed by atoms with Gasteiger partial charge in [0.05, 0.1) is 0 Å². The first kappa shape index (κ1) is 19.8. The van der Waals surface area contributed by atoms with Gasteiger partial charge in [-0.25, -0.2) is 12.1 Å². The molecular formula is C18H18Ti. The van der Waals surface area contributed by atoms with Gasteiger partial charge in [0.25, 0.3) is 0 Å². The van der Waals surface area contributed by atoms with Gasteiger partial charge in [-0.2, -0.15) is 91.0 Å². The van der Waals surface area contributed by atoms with Crippen molar-refractivity contribution >= 4 is 0 Å². The Morgan fingerprint density at radius 2 is 0.895 bits per heavy atom. The first-order valence-corrected chi connectivity index (χ1v) is 5.49. The second-order valence-corrected chi connectivity index (χ2v) is 3.12. The third-order valence-corrected chi connectivity index (χ3v) is 1.77. The van der Waals surface area contributed by atoms with E-state index in [-0.39, 0.29) is 29.1 Å². The first-order valence-electron chi connectivity index (χ1n) is 5.49. The maximum atomic E-state index is 2.89. The molecule has 0 bridgehead atoms. The van der Waals surface area contributed by atoms with Gasteiger partial charge in [0, 0.05) is 0 Å². The van der Waals surface area contributed by atoms with Crippen LogP contribution in [0.3, 0.4) is 0 Å². The Balaban J connectivity index is 0. The Morgan fingerprint density at radius 1 is 0.526 bits per heavy atom. The number of rotatable bonds is 0. The van der Waals surface area contributed by atoms with Gasteiger partial charge in [-0.05, 0) is 0 Å². The molecule has 94 valence electrons. The molecule has 0 N–H and O–H groups in total. The third kappa shape index (κ3) is 14.4. The van der Waals surface area contributed by atoms with Gasteiger partial charge in [0.1, 0.15) is 0 Å². The molecule has 3 aromatic carbocycles. The molecule has 0 atom stereocenters. The quantitative estimate of drug-likeness (QED) is 0.409. The Bertz CT molecular complexity index is 316. The van der Waals surface area contributed by atoms with Crippen LogP contribution in [0.5, 0.6) is 0 Å². The maximum absolute atomic E-state index is 2.89. The van der Waals surface area contributed by atoms with Crippen molar-refractivity contribution in [3.63, 3.8) is 0 Å². The number of benzene rings is 2. The molecule has 3 rings (SSSR count). The van der Waals surface area contributed by atoms with Gasteiger partial charge < -0.3 is 7.43 Å². The van der Waals surface area contributed by atoms with Gasteiger partial charge in [-0.15, -0.1) is 0 Å². The van der Waals surface area contributed by atoms with Crippen LogP contribution in [0, 0.1) is 19.6 Å². The summed E-state index contributed by atoms with van der Waals surface area (Å²) in [6.07, 6.45) is 0. The Kier molecular flexibility index (Phi) is 17.2. The molecule has 1 heteroatoms. The summed E-state index contributed by atoms with van der Waals surface area (Å²) in [4.78, 5) is 0. The van der Waals surface area contributed by atoms with Crippen molar-refractivity contribution in [2.24, 2.45) is 0 Å². The Hall–Kier alpha value is -1.50. The monoisotopic (exact) mass is 282 g/mol. The van der Waals surface area contributed by atoms with Crippen LogP contribution in [0.4, 0.5) is 0 Å². The molecule has 0 aliphatic rings. The van der Waals surface area contributed by atoms with Crippen LogP contribution < -0.4 is 0 Å². The fourth-order valence-electron chi connectivity index (χ4n) is 1.00. The molecule has 19 heavy (non-hydrogen) atoms. The van der Waals surface area contributed by atoms with Crippen molar-refractivity contribution in [2.45, 2.75) is 0 Å². The first-order chi connectivity index (χ1) is 8.50. The molecule has 0 radical (unpaired) electrons. The second-order valence-electron chi connectivity index (χ2n) is 3.12. The molecule has 3 aromatic rings. The van der Waals surface area contributed by atoms with Crippen molar-refractivity contribution < 1.29 is 21.7 Å². The summed E-state index contributed by atoms with van der Waals surface area (Å²) in [5.74, 6) is 0. The number of hydrogen-bond acceptors (Lipinski definition) is 0. The minimum Gasteiger partial charge on any atom is -0.358 e. The summed E-state index contributed by atoms with van der Waals surface area (Å²) in [5.41, 5.74) is 0. The summed E-state index contributed by atoms with van der Waals surface area (Å²) >= 11 is 0. The van der Waals surface area contributed by atoms with E-state index >= 15 is 0 Å². The average molecular weight is 282 g/mol. The predicted octanol–water partition coefficient (Wildman–Crippen LogP) is 4.83. The van der Waals surface area contributed by atoms with Gasteiger partial charge in [-0.1, -0.05) is 0 Å². The molecule has 0 nitrogen and oxygen atoms in total. The van der Waals surface area contributed by atoms with Gasteiger partial charge >= 0.3 is 21.7 Å². The molecule has 0 fully saturated rings. The SMILES string of the molecule is [CH3-].[Ti+4].[c-]1ccccc1.[c-]1ccccc1.c1cc[cH-]c1. The second kappa shape index (κ2) is 16.5. The van der Waals surface area contributed by atoms with E-state index in [4.69, 9.17) is 0 Å². The molecule has 0 aliphatic carbocycles. The molecule has 0 heterocycles. The van der Waals surface area contributed by atoms with Gasteiger partial charge in [0.2, 0.25) is 0 Å². The average Bonchev–Trinajstić information content (AvgIpc) is 3.03. The zero-order valence-corrected chi connectivity index (χ0v) is 12.7. The van der Waals surface area contributed by atoms with Crippen molar-refractivity contribution in [3.8, 4) is 0 Å². The summed E-state index contributed by atoms with van der Waals surface area (Å²) in [5, 5.41) is 0. The van der Waals surface area contributed by atoms with E-state index in [2.05, 4.69) is 12.1 Å². The molecule has 0 aromatic heterocycles. The Labute approximate surface area is 132 Å². The van der Waals surface area contributed by atoms with Crippen LogP contribution in [0.15, 0.2) is 91.0 Å². The molecule has 0 saturated heterocycles. The van der Waals surface area contributed by atoms with E-state index < -0.39 is 0 Å². The van der Waals surface area contributed by atoms with E-state index in [1.165, 1.54) is 0 Å². The summed E-state index contributed by atoms with van der Waals surface area (Å²) in [6.45, 7) is 0. The van der Waals surface area contributed by atoms with E-state index in [0.29, 0.717) is 0 Å². The zero-order valence-electron chi connectivity index (χ0n) is 11.2. The topological polar surface area (TPSA) is 0 Å². The third-order valence-electron chi connectivity index (χ3n) is 1.77. The predicted molar refractivity (Wildman–Crippen MR) is 79.0 cm³/mol. The molecule has 0 unspecified atom stereocenters. The molecule has 0 saturated carbocycles. The van der Waals surface area contributed by atoms with Crippen molar-refractivity contribution in [1.82, 2.24) is 0 Å². The Morgan fingerprint density at radius 3 is 1.00 bits per heavy atom. The van der Waals surface area contributed by atoms with Crippen LogP contribution in [0.2, 0.25) is 0 Å². The van der Waals surface area contributed by atoms with Crippen LogP contribution >= 0.6 is 0 Å². The minimum absolute atomic E-state index is 0. The van der Waals surface area contributed by atoms with Crippen LogP contribution in [0.25, 0.3) is 0 Å².